The molecule has 1 aromatic heterocycles. The van der Waals surface area contributed by atoms with Gasteiger partial charge in [-0.25, -0.2) is 4.39 Å². The van der Waals surface area contributed by atoms with E-state index in [1.165, 1.54) is 6.07 Å². The molecule has 1 N–H and O–H groups in total. The Morgan fingerprint density at radius 1 is 1.00 bits per heavy atom. The highest BCUT2D eigenvalue weighted by molar-refractivity contribution is 9.10. The van der Waals surface area contributed by atoms with Gasteiger partial charge in [-0.2, -0.15) is 0 Å². The number of nitrogens with zero attached hydrogens (tertiary/aromatic N) is 1. The minimum absolute atomic E-state index is 0.242. The molecule has 0 aliphatic heterocycles. The fourth-order valence-electron chi connectivity index (χ4n) is 2.14. The molecule has 0 aliphatic rings. The molecular weight excluding hydrogens is 331 g/mol. The Morgan fingerprint density at radius 2 is 1.81 bits per heavy atom. The van der Waals surface area contributed by atoms with E-state index in [2.05, 4.69) is 37.9 Å². The van der Waals surface area contributed by atoms with Crippen LogP contribution in [0.5, 0.6) is 0 Å². The third-order valence-electron chi connectivity index (χ3n) is 3.23. The second-order valence-electron chi connectivity index (χ2n) is 4.74. The van der Waals surface area contributed by atoms with E-state index in [1.54, 1.807) is 12.1 Å². The highest BCUT2D eigenvalue weighted by atomic mass is 79.9. The first-order chi connectivity index (χ1) is 10.2. The minimum atomic E-state index is -0.242. The second-order valence-corrected chi connectivity index (χ2v) is 5.60. The van der Waals surface area contributed by atoms with Gasteiger partial charge in [0.15, 0.2) is 0 Å². The molecule has 1 heterocycles. The first-order valence-electron chi connectivity index (χ1n) is 6.63. The van der Waals surface area contributed by atoms with Gasteiger partial charge < -0.3 is 9.88 Å². The molecule has 0 saturated heterocycles. The summed E-state index contributed by atoms with van der Waals surface area (Å²) < 4.78 is 15.7. The summed E-state index contributed by atoms with van der Waals surface area (Å²) in [6.07, 6.45) is 4.02. The zero-order chi connectivity index (χ0) is 14.7. The zero-order valence-electron chi connectivity index (χ0n) is 11.3. The third-order valence-corrected chi connectivity index (χ3v) is 3.84. The number of benzene rings is 2. The van der Waals surface area contributed by atoms with Crippen molar-refractivity contribution in [2.45, 2.75) is 6.54 Å². The molecule has 2 aromatic carbocycles. The van der Waals surface area contributed by atoms with E-state index in [9.17, 15) is 4.39 Å². The fraction of sp³-hybridized carbons (Fsp3) is 0.0588. The van der Waals surface area contributed by atoms with Gasteiger partial charge in [0.1, 0.15) is 5.82 Å². The quantitative estimate of drug-likeness (QED) is 0.705. The summed E-state index contributed by atoms with van der Waals surface area (Å²) in [6, 6.07) is 17.2. The predicted octanol–water partition coefficient (Wildman–Crippen LogP) is 4.99. The minimum Gasteiger partial charge on any atom is -0.381 e. The second kappa shape index (κ2) is 6.14. The van der Waals surface area contributed by atoms with Crippen LogP contribution in [-0.2, 0) is 6.54 Å². The Bertz CT molecular complexity index is 738. The lowest BCUT2D eigenvalue weighted by Crippen LogP contribution is -2.00. The Balaban J connectivity index is 1.73. The Labute approximate surface area is 131 Å². The molecule has 0 fully saturated rings. The zero-order valence-corrected chi connectivity index (χ0v) is 12.8. The molecule has 0 spiro atoms. The maximum absolute atomic E-state index is 13.2. The summed E-state index contributed by atoms with van der Waals surface area (Å²) in [6.45, 7) is 0.647. The smallest absolute Gasteiger partial charge is 0.137 e. The molecule has 0 aliphatic carbocycles. The van der Waals surface area contributed by atoms with Gasteiger partial charge in [-0.05, 0) is 64.0 Å². The highest BCUT2D eigenvalue weighted by Crippen LogP contribution is 2.19. The molecule has 0 saturated carbocycles. The van der Waals surface area contributed by atoms with Crippen LogP contribution < -0.4 is 5.32 Å². The van der Waals surface area contributed by atoms with Crippen LogP contribution in [0.3, 0.4) is 0 Å². The fourth-order valence-corrected chi connectivity index (χ4v) is 2.56. The van der Waals surface area contributed by atoms with Gasteiger partial charge >= 0.3 is 0 Å². The van der Waals surface area contributed by atoms with E-state index in [0.717, 1.165) is 16.9 Å². The Kier molecular flexibility index (Phi) is 4.06. The van der Waals surface area contributed by atoms with E-state index in [1.807, 2.05) is 36.7 Å². The van der Waals surface area contributed by atoms with E-state index < -0.39 is 0 Å². The monoisotopic (exact) mass is 344 g/mol. The molecule has 4 heteroatoms. The van der Waals surface area contributed by atoms with Crippen LogP contribution in [0.4, 0.5) is 10.1 Å². The summed E-state index contributed by atoms with van der Waals surface area (Å²) in [4.78, 5) is 0. The van der Waals surface area contributed by atoms with Crippen LogP contribution in [0, 0.1) is 5.82 Å². The molecule has 3 aromatic rings. The summed E-state index contributed by atoms with van der Waals surface area (Å²) >= 11 is 3.20. The average Bonchev–Trinajstić information content (AvgIpc) is 3.03. The van der Waals surface area contributed by atoms with Gasteiger partial charge in [-0.15, -0.1) is 0 Å². The van der Waals surface area contributed by atoms with Crippen molar-refractivity contribution in [2.24, 2.45) is 0 Å². The topological polar surface area (TPSA) is 17.0 Å². The van der Waals surface area contributed by atoms with E-state index in [0.29, 0.717) is 11.0 Å². The number of aromatic nitrogens is 1. The van der Waals surface area contributed by atoms with Crippen molar-refractivity contribution in [1.82, 2.24) is 4.57 Å². The predicted molar refractivity (Wildman–Crippen MR) is 87.2 cm³/mol. The maximum atomic E-state index is 13.2. The number of halogens is 2. The van der Waals surface area contributed by atoms with Crippen molar-refractivity contribution in [1.29, 1.82) is 0 Å². The number of hydrogen-bond acceptors (Lipinski definition) is 1. The number of nitrogens with one attached hydrogen (secondary N) is 1. The van der Waals surface area contributed by atoms with Gasteiger partial charge in [-0.3, -0.25) is 0 Å². The van der Waals surface area contributed by atoms with Crippen molar-refractivity contribution in [3.8, 4) is 5.69 Å². The molecule has 2 nitrogen and oxygen atoms in total. The lowest BCUT2D eigenvalue weighted by molar-refractivity contribution is 0.620. The number of rotatable bonds is 4. The lowest BCUT2D eigenvalue weighted by atomic mass is 10.2. The van der Waals surface area contributed by atoms with Gasteiger partial charge in [0.25, 0.3) is 0 Å². The molecule has 0 radical (unpaired) electrons. The van der Waals surface area contributed by atoms with Crippen molar-refractivity contribution in [3.63, 3.8) is 0 Å². The Morgan fingerprint density at radius 3 is 2.57 bits per heavy atom. The first kappa shape index (κ1) is 13.9. The lowest BCUT2D eigenvalue weighted by Gasteiger charge is -2.10. The van der Waals surface area contributed by atoms with Crippen molar-refractivity contribution < 1.29 is 4.39 Å². The molecular formula is C17H14BrFN2. The van der Waals surface area contributed by atoms with E-state index in [4.69, 9.17) is 0 Å². The molecule has 21 heavy (non-hydrogen) atoms. The largest absolute Gasteiger partial charge is 0.381 e. The summed E-state index contributed by atoms with van der Waals surface area (Å²) in [7, 11) is 0. The SMILES string of the molecule is Fc1ccc(CNc2cccc(-n3cccc3)c2)cc1Br. The van der Waals surface area contributed by atoms with E-state index in [-0.39, 0.29) is 5.82 Å². The molecule has 0 bridgehead atoms. The number of hydrogen-bond donors (Lipinski definition) is 1. The van der Waals surface area contributed by atoms with Crippen LogP contribution in [0.2, 0.25) is 0 Å². The molecule has 0 atom stereocenters. The van der Waals surface area contributed by atoms with Gasteiger partial charge in [0.2, 0.25) is 0 Å². The van der Waals surface area contributed by atoms with Crippen LogP contribution in [-0.4, -0.2) is 4.57 Å². The van der Waals surface area contributed by atoms with Crippen molar-refractivity contribution >= 4 is 21.6 Å². The normalized spacial score (nSPS) is 10.6. The first-order valence-corrected chi connectivity index (χ1v) is 7.43. The van der Waals surface area contributed by atoms with E-state index >= 15 is 0 Å². The van der Waals surface area contributed by atoms with Crippen molar-refractivity contribution in [3.05, 3.63) is 82.8 Å². The van der Waals surface area contributed by atoms with Crippen LogP contribution in [0.25, 0.3) is 5.69 Å². The molecule has 3 rings (SSSR count). The summed E-state index contributed by atoms with van der Waals surface area (Å²) in [5.74, 6) is -0.242. The van der Waals surface area contributed by atoms with Crippen LogP contribution in [0.15, 0.2) is 71.5 Å². The number of anilines is 1. The Hall–Kier alpha value is -2.07. The summed E-state index contributed by atoms with van der Waals surface area (Å²) in [5.41, 5.74) is 3.15. The van der Waals surface area contributed by atoms with Gasteiger partial charge in [-0.1, -0.05) is 12.1 Å². The highest BCUT2D eigenvalue weighted by Gasteiger charge is 2.01. The van der Waals surface area contributed by atoms with Crippen LogP contribution in [0.1, 0.15) is 5.56 Å². The third kappa shape index (κ3) is 3.34. The maximum Gasteiger partial charge on any atom is 0.137 e. The van der Waals surface area contributed by atoms with Crippen LogP contribution >= 0.6 is 15.9 Å². The standard InChI is InChI=1S/C17H14BrFN2/c18-16-10-13(6-7-17(16)19)12-20-14-4-3-5-15(11-14)21-8-1-2-9-21/h1-11,20H,12H2. The molecule has 0 amide bonds. The molecule has 0 unspecified atom stereocenters. The van der Waals surface area contributed by atoms with Gasteiger partial charge in [0.05, 0.1) is 4.47 Å². The average molecular weight is 345 g/mol. The van der Waals surface area contributed by atoms with Gasteiger partial charge in [0, 0.05) is 30.3 Å². The van der Waals surface area contributed by atoms with Crippen molar-refractivity contribution in [2.75, 3.05) is 5.32 Å². The summed E-state index contributed by atoms with van der Waals surface area (Å²) in [5, 5.41) is 3.35. The molecule has 106 valence electrons.